The van der Waals surface area contributed by atoms with Crippen molar-refractivity contribution in [1.82, 2.24) is 10.2 Å². The molecule has 3 rings (SSSR count). The highest BCUT2D eigenvalue weighted by Crippen LogP contribution is 2.43. The van der Waals surface area contributed by atoms with Gasteiger partial charge in [-0.25, -0.2) is 0 Å². The van der Waals surface area contributed by atoms with Crippen molar-refractivity contribution in [2.45, 2.75) is 69.1 Å². The van der Waals surface area contributed by atoms with Crippen LogP contribution < -0.4 is 5.32 Å². The van der Waals surface area contributed by atoms with Crippen molar-refractivity contribution in [3.63, 3.8) is 0 Å². The standard InChI is InChI=1S/C15H28N2O/c1-17(13-4-2-9-16-10-5-13)14-6-11-18-15(12-14)7-3-8-15/h13-14,16H,2-12H2,1H3. The summed E-state index contributed by atoms with van der Waals surface area (Å²) in [5.41, 5.74) is 0.292. The van der Waals surface area contributed by atoms with Crippen molar-refractivity contribution in [1.29, 1.82) is 0 Å². The predicted octanol–water partition coefficient (Wildman–Crippen LogP) is 2.16. The molecular weight excluding hydrogens is 224 g/mol. The van der Waals surface area contributed by atoms with Crippen LogP contribution in [0.2, 0.25) is 0 Å². The van der Waals surface area contributed by atoms with Gasteiger partial charge in [-0.2, -0.15) is 0 Å². The van der Waals surface area contributed by atoms with Gasteiger partial charge in [0.05, 0.1) is 5.60 Å². The first-order valence-corrected chi connectivity index (χ1v) is 7.86. The third kappa shape index (κ3) is 2.59. The van der Waals surface area contributed by atoms with Crippen molar-refractivity contribution < 1.29 is 4.74 Å². The average Bonchev–Trinajstić information content (AvgIpc) is 2.65. The zero-order valence-electron chi connectivity index (χ0n) is 11.8. The molecule has 0 bridgehead atoms. The molecule has 0 aromatic carbocycles. The third-order valence-electron chi connectivity index (χ3n) is 5.43. The molecule has 2 saturated heterocycles. The molecule has 2 unspecified atom stereocenters. The zero-order chi connectivity index (χ0) is 12.4. The minimum absolute atomic E-state index is 0.292. The molecule has 1 saturated carbocycles. The lowest BCUT2D eigenvalue weighted by atomic mass is 9.73. The van der Waals surface area contributed by atoms with Gasteiger partial charge in [0.15, 0.2) is 0 Å². The number of nitrogens with one attached hydrogen (secondary N) is 1. The fourth-order valence-electron chi connectivity index (χ4n) is 3.98. The number of rotatable bonds is 2. The minimum Gasteiger partial charge on any atom is -0.375 e. The molecule has 2 atom stereocenters. The molecule has 3 fully saturated rings. The van der Waals surface area contributed by atoms with Crippen LogP contribution in [0.1, 0.15) is 51.4 Å². The summed E-state index contributed by atoms with van der Waals surface area (Å²) in [4.78, 5) is 2.69. The smallest absolute Gasteiger partial charge is 0.0697 e. The maximum absolute atomic E-state index is 6.05. The number of hydrogen-bond acceptors (Lipinski definition) is 3. The van der Waals surface area contributed by atoms with E-state index in [1.807, 2.05) is 0 Å². The van der Waals surface area contributed by atoms with Gasteiger partial charge in [0.2, 0.25) is 0 Å². The van der Waals surface area contributed by atoms with Crippen LogP contribution in [0, 0.1) is 0 Å². The average molecular weight is 252 g/mol. The Balaban J connectivity index is 1.58. The molecule has 0 aromatic rings. The highest BCUT2D eigenvalue weighted by molar-refractivity contribution is 4.97. The van der Waals surface area contributed by atoms with Gasteiger partial charge < -0.3 is 15.0 Å². The Morgan fingerprint density at radius 3 is 2.72 bits per heavy atom. The molecule has 18 heavy (non-hydrogen) atoms. The first-order chi connectivity index (χ1) is 8.79. The van der Waals surface area contributed by atoms with E-state index >= 15 is 0 Å². The zero-order valence-corrected chi connectivity index (χ0v) is 11.8. The Kier molecular flexibility index (Phi) is 3.92. The normalized spacial score (nSPS) is 36.3. The van der Waals surface area contributed by atoms with Crippen molar-refractivity contribution in [2.24, 2.45) is 0 Å². The number of nitrogens with zero attached hydrogens (tertiary/aromatic N) is 1. The molecule has 0 radical (unpaired) electrons. The number of hydrogen-bond donors (Lipinski definition) is 1. The Morgan fingerprint density at radius 2 is 1.94 bits per heavy atom. The highest BCUT2D eigenvalue weighted by atomic mass is 16.5. The van der Waals surface area contributed by atoms with Crippen LogP contribution in [0.3, 0.4) is 0 Å². The second-order valence-corrected chi connectivity index (χ2v) is 6.53. The van der Waals surface area contributed by atoms with E-state index < -0.39 is 0 Å². The summed E-state index contributed by atoms with van der Waals surface area (Å²) in [5, 5.41) is 3.52. The Labute approximate surface area is 111 Å². The van der Waals surface area contributed by atoms with E-state index in [-0.39, 0.29) is 0 Å². The van der Waals surface area contributed by atoms with Crippen LogP contribution in [0.15, 0.2) is 0 Å². The summed E-state index contributed by atoms with van der Waals surface area (Å²) < 4.78 is 6.05. The molecule has 0 amide bonds. The van der Waals surface area contributed by atoms with Crippen molar-refractivity contribution in [3.05, 3.63) is 0 Å². The van der Waals surface area contributed by atoms with Gasteiger partial charge in [-0.15, -0.1) is 0 Å². The minimum atomic E-state index is 0.292. The fourth-order valence-corrected chi connectivity index (χ4v) is 3.98. The van der Waals surface area contributed by atoms with E-state index in [9.17, 15) is 0 Å². The lowest BCUT2D eigenvalue weighted by Crippen LogP contribution is -2.53. The molecule has 2 heterocycles. The van der Waals surface area contributed by atoms with E-state index in [0.29, 0.717) is 5.60 Å². The molecule has 3 aliphatic rings. The van der Waals surface area contributed by atoms with Gasteiger partial charge in [0.25, 0.3) is 0 Å². The van der Waals surface area contributed by atoms with Crippen molar-refractivity contribution in [3.8, 4) is 0 Å². The Hall–Kier alpha value is -0.120. The number of ether oxygens (including phenoxy) is 1. The highest BCUT2D eigenvalue weighted by Gasteiger charge is 2.44. The van der Waals surface area contributed by atoms with Crippen molar-refractivity contribution >= 4 is 0 Å². The molecule has 2 aliphatic heterocycles. The van der Waals surface area contributed by atoms with E-state index in [1.165, 1.54) is 64.5 Å². The second kappa shape index (κ2) is 5.48. The topological polar surface area (TPSA) is 24.5 Å². The summed E-state index contributed by atoms with van der Waals surface area (Å²) in [5.74, 6) is 0. The molecule has 1 spiro atoms. The molecule has 1 N–H and O–H groups in total. The Morgan fingerprint density at radius 1 is 1.06 bits per heavy atom. The lowest BCUT2D eigenvalue weighted by molar-refractivity contribution is -0.149. The van der Waals surface area contributed by atoms with Gasteiger partial charge >= 0.3 is 0 Å². The molecular formula is C15H28N2O. The largest absolute Gasteiger partial charge is 0.375 e. The molecule has 104 valence electrons. The van der Waals surface area contributed by atoms with Crippen LogP contribution in [-0.4, -0.2) is 49.3 Å². The molecule has 3 heteroatoms. The van der Waals surface area contributed by atoms with Gasteiger partial charge in [0, 0.05) is 18.7 Å². The van der Waals surface area contributed by atoms with E-state index in [1.54, 1.807) is 0 Å². The first kappa shape index (κ1) is 12.9. The van der Waals surface area contributed by atoms with E-state index in [4.69, 9.17) is 4.74 Å². The van der Waals surface area contributed by atoms with Crippen LogP contribution in [0.4, 0.5) is 0 Å². The SMILES string of the molecule is CN(C1CCCNCC1)C1CCOC2(CCC2)C1. The lowest BCUT2D eigenvalue weighted by Gasteiger charge is -2.50. The first-order valence-electron chi connectivity index (χ1n) is 7.86. The van der Waals surface area contributed by atoms with Gasteiger partial charge in [-0.1, -0.05) is 0 Å². The quantitative estimate of drug-likeness (QED) is 0.815. The summed E-state index contributed by atoms with van der Waals surface area (Å²) in [6.07, 6.45) is 10.5. The van der Waals surface area contributed by atoms with Crippen molar-refractivity contribution in [2.75, 3.05) is 26.7 Å². The summed E-state index contributed by atoms with van der Waals surface area (Å²) in [7, 11) is 2.36. The summed E-state index contributed by atoms with van der Waals surface area (Å²) in [6.45, 7) is 3.39. The summed E-state index contributed by atoms with van der Waals surface area (Å²) >= 11 is 0. The second-order valence-electron chi connectivity index (χ2n) is 6.53. The maximum atomic E-state index is 6.05. The van der Waals surface area contributed by atoms with Crippen LogP contribution in [-0.2, 0) is 4.74 Å². The third-order valence-corrected chi connectivity index (χ3v) is 5.43. The maximum Gasteiger partial charge on any atom is 0.0697 e. The van der Waals surface area contributed by atoms with Gasteiger partial charge in [-0.3, -0.25) is 0 Å². The van der Waals surface area contributed by atoms with E-state index in [2.05, 4.69) is 17.3 Å². The van der Waals surface area contributed by atoms with Gasteiger partial charge in [-0.05, 0) is 71.5 Å². The van der Waals surface area contributed by atoms with E-state index in [0.717, 1.165) is 18.7 Å². The predicted molar refractivity (Wildman–Crippen MR) is 73.8 cm³/mol. The Bertz CT molecular complexity index is 270. The van der Waals surface area contributed by atoms with Gasteiger partial charge in [0.1, 0.15) is 0 Å². The molecule has 0 aromatic heterocycles. The molecule has 3 nitrogen and oxygen atoms in total. The monoisotopic (exact) mass is 252 g/mol. The molecule has 1 aliphatic carbocycles. The summed E-state index contributed by atoms with van der Waals surface area (Å²) in [6, 6.07) is 1.56. The van der Waals surface area contributed by atoms with Crippen LogP contribution >= 0.6 is 0 Å². The van der Waals surface area contributed by atoms with Crippen LogP contribution in [0.25, 0.3) is 0 Å². The fraction of sp³-hybridized carbons (Fsp3) is 1.00. The van der Waals surface area contributed by atoms with Crippen LogP contribution in [0.5, 0.6) is 0 Å².